The number of nitrogens with one attached hydrogen (secondary N) is 1. The number of alkyl halides is 1. The molecule has 0 aliphatic heterocycles. The number of aliphatic hydroxyl groups excluding tert-OH is 2. The van der Waals surface area contributed by atoms with E-state index in [2.05, 4.69) is 4.72 Å². The minimum atomic E-state index is -3.26. The van der Waals surface area contributed by atoms with E-state index in [0.29, 0.717) is 0 Å². The van der Waals surface area contributed by atoms with E-state index in [0.717, 1.165) is 0 Å². The molecular formula is C4H10INO4S. The van der Waals surface area contributed by atoms with Crippen LogP contribution >= 0.6 is 22.6 Å². The molecule has 0 saturated heterocycles. The Kier molecular flexibility index (Phi) is 5.52. The molecule has 0 amide bonds. The van der Waals surface area contributed by atoms with Crippen LogP contribution in [0.4, 0.5) is 0 Å². The SMILES string of the molecule is O=S(=O)(CI)NCC(O)CO. The number of sulfonamides is 1. The highest BCUT2D eigenvalue weighted by Gasteiger charge is 2.09. The second-order valence-electron chi connectivity index (χ2n) is 1.91. The van der Waals surface area contributed by atoms with Crippen LogP contribution in [-0.4, -0.2) is 41.6 Å². The maximum atomic E-state index is 10.7. The standard InChI is InChI=1S/C4H10INO4S/c5-3-11(9,10)6-1-4(8)2-7/h4,6-8H,1-3H2. The number of aliphatic hydroxyl groups is 2. The van der Waals surface area contributed by atoms with Gasteiger partial charge in [-0.15, -0.1) is 0 Å². The second-order valence-corrected chi connectivity index (χ2v) is 5.51. The van der Waals surface area contributed by atoms with Gasteiger partial charge in [0.15, 0.2) is 0 Å². The fourth-order valence-electron chi connectivity index (χ4n) is 0.326. The van der Waals surface area contributed by atoms with Crippen LogP contribution in [-0.2, 0) is 10.0 Å². The lowest BCUT2D eigenvalue weighted by atomic mass is 10.4. The van der Waals surface area contributed by atoms with Gasteiger partial charge in [-0.3, -0.25) is 0 Å². The van der Waals surface area contributed by atoms with Crippen molar-refractivity contribution in [3.63, 3.8) is 0 Å². The Morgan fingerprint density at radius 1 is 1.55 bits per heavy atom. The average molecular weight is 295 g/mol. The van der Waals surface area contributed by atoms with Gasteiger partial charge < -0.3 is 10.2 Å². The van der Waals surface area contributed by atoms with Crippen molar-refractivity contribution in [3.8, 4) is 0 Å². The van der Waals surface area contributed by atoms with Gasteiger partial charge in [-0.05, 0) is 0 Å². The quantitative estimate of drug-likeness (QED) is 0.432. The van der Waals surface area contributed by atoms with Gasteiger partial charge in [-0.25, -0.2) is 13.1 Å². The molecule has 7 heteroatoms. The van der Waals surface area contributed by atoms with Gasteiger partial charge in [-0.2, -0.15) is 0 Å². The van der Waals surface area contributed by atoms with Gasteiger partial charge in [0.25, 0.3) is 0 Å². The van der Waals surface area contributed by atoms with E-state index < -0.39 is 22.7 Å². The smallest absolute Gasteiger partial charge is 0.220 e. The Morgan fingerprint density at radius 3 is 2.45 bits per heavy atom. The molecule has 0 heterocycles. The Bertz CT molecular complexity index is 192. The van der Waals surface area contributed by atoms with Crippen molar-refractivity contribution in [1.29, 1.82) is 0 Å². The predicted octanol–water partition coefficient (Wildman–Crippen LogP) is -1.35. The predicted molar refractivity (Wildman–Crippen MR) is 48.9 cm³/mol. The molecule has 0 radical (unpaired) electrons. The van der Waals surface area contributed by atoms with E-state index in [1.807, 2.05) is 0 Å². The summed E-state index contributed by atoms with van der Waals surface area (Å²) in [6.07, 6.45) is -1.02. The Morgan fingerprint density at radius 2 is 2.09 bits per heavy atom. The van der Waals surface area contributed by atoms with Crippen LogP contribution < -0.4 is 4.72 Å². The first kappa shape index (κ1) is 11.6. The summed E-state index contributed by atoms with van der Waals surface area (Å²) in [6, 6.07) is 0. The molecule has 0 rings (SSSR count). The summed E-state index contributed by atoms with van der Waals surface area (Å²) in [4.78, 5) is 0. The summed E-state index contributed by atoms with van der Waals surface area (Å²) < 4.78 is 23.5. The molecule has 68 valence electrons. The number of hydrogen-bond acceptors (Lipinski definition) is 4. The largest absolute Gasteiger partial charge is 0.394 e. The zero-order valence-electron chi connectivity index (χ0n) is 5.70. The second kappa shape index (κ2) is 5.25. The molecule has 0 aliphatic rings. The number of halogens is 1. The molecule has 0 fully saturated rings. The molecule has 0 bridgehead atoms. The minimum Gasteiger partial charge on any atom is -0.394 e. The molecule has 0 spiro atoms. The summed E-state index contributed by atoms with van der Waals surface area (Å²) in [6.45, 7) is -0.578. The number of hydrogen-bond donors (Lipinski definition) is 3. The monoisotopic (exact) mass is 295 g/mol. The topological polar surface area (TPSA) is 86.6 Å². The highest BCUT2D eigenvalue weighted by molar-refractivity contribution is 14.1. The lowest BCUT2D eigenvalue weighted by Gasteiger charge is -2.07. The van der Waals surface area contributed by atoms with Crippen LogP contribution in [0.2, 0.25) is 0 Å². The third kappa shape index (κ3) is 5.79. The molecule has 0 saturated carbocycles. The highest BCUT2D eigenvalue weighted by Crippen LogP contribution is 1.91. The molecule has 1 unspecified atom stereocenters. The van der Waals surface area contributed by atoms with Crippen molar-refractivity contribution < 1.29 is 18.6 Å². The van der Waals surface area contributed by atoms with Crippen molar-refractivity contribution in [1.82, 2.24) is 4.72 Å². The van der Waals surface area contributed by atoms with Gasteiger partial charge >= 0.3 is 0 Å². The lowest BCUT2D eigenvalue weighted by Crippen LogP contribution is -2.34. The van der Waals surface area contributed by atoms with E-state index in [4.69, 9.17) is 10.2 Å². The van der Waals surface area contributed by atoms with Gasteiger partial charge in [0.05, 0.1) is 12.7 Å². The van der Waals surface area contributed by atoms with Crippen LogP contribution in [0.1, 0.15) is 0 Å². The van der Waals surface area contributed by atoms with Gasteiger partial charge in [0.1, 0.15) is 3.76 Å². The summed E-state index contributed by atoms with van der Waals surface area (Å²) in [5, 5.41) is 17.1. The molecular weight excluding hydrogens is 285 g/mol. The highest BCUT2D eigenvalue weighted by atomic mass is 127. The van der Waals surface area contributed by atoms with Crippen molar-refractivity contribution >= 4 is 32.6 Å². The van der Waals surface area contributed by atoms with Crippen LogP contribution in [0.3, 0.4) is 0 Å². The van der Waals surface area contributed by atoms with E-state index in [-0.39, 0.29) is 10.3 Å². The molecule has 0 aromatic carbocycles. The van der Waals surface area contributed by atoms with Crippen molar-refractivity contribution in [2.75, 3.05) is 16.9 Å². The van der Waals surface area contributed by atoms with E-state index in [9.17, 15) is 8.42 Å². The normalized spacial score (nSPS) is 14.8. The summed E-state index contributed by atoms with van der Waals surface area (Å²) in [5.74, 6) is 0. The van der Waals surface area contributed by atoms with Crippen molar-refractivity contribution in [2.45, 2.75) is 6.10 Å². The molecule has 0 aromatic rings. The van der Waals surface area contributed by atoms with E-state index >= 15 is 0 Å². The van der Waals surface area contributed by atoms with Gasteiger partial charge in [0.2, 0.25) is 10.0 Å². The molecule has 3 N–H and O–H groups in total. The Hall–Kier alpha value is 0.560. The maximum Gasteiger partial charge on any atom is 0.220 e. The van der Waals surface area contributed by atoms with Crippen LogP contribution in [0, 0.1) is 0 Å². The first-order chi connectivity index (χ1) is 5.02. The van der Waals surface area contributed by atoms with Crippen molar-refractivity contribution in [2.24, 2.45) is 0 Å². The zero-order chi connectivity index (χ0) is 8.91. The fourth-order valence-corrected chi connectivity index (χ4v) is 1.51. The van der Waals surface area contributed by atoms with Crippen LogP contribution in [0.15, 0.2) is 0 Å². The van der Waals surface area contributed by atoms with E-state index in [1.54, 1.807) is 22.6 Å². The third-order valence-corrected chi connectivity index (χ3v) is 4.25. The first-order valence-corrected chi connectivity index (χ1v) is 6.02. The van der Waals surface area contributed by atoms with Gasteiger partial charge in [-0.1, -0.05) is 22.6 Å². The third-order valence-electron chi connectivity index (χ3n) is 0.893. The lowest BCUT2D eigenvalue weighted by molar-refractivity contribution is 0.0988. The molecule has 0 aromatic heterocycles. The molecule has 11 heavy (non-hydrogen) atoms. The van der Waals surface area contributed by atoms with Crippen molar-refractivity contribution in [3.05, 3.63) is 0 Å². The number of rotatable bonds is 5. The molecule has 1 atom stereocenters. The first-order valence-electron chi connectivity index (χ1n) is 2.84. The van der Waals surface area contributed by atoms with Crippen LogP contribution in [0.25, 0.3) is 0 Å². The van der Waals surface area contributed by atoms with Crippen LogP contribution in [0.5, 0.6) is 0 Å². The minimum absolute atomic E-state index is 0.0527. The molecule has 5 nitrogen and oxygen atoms in total. The molecule has 0 aliphatic carbocycles. The average Bonchev–Trinajstić information content (AvgIpc) is 2.00. The summed E-state index contributed by atoms with van der Waals surface area (Å²) >= 11 is 1.69. The fraction of sp³-hybridized carbons (Fsp3) is 1.00. The summed E-state index contributed by atoms with van der Waals surface area (Å²) in [5.41, 5.74) is 0. The zero-order valence-corrected chi connectivity index (χ0v) is 8.67. The Balaban J connectivity index is 3.71. The summed E-state index contributed by atoms with van der Waals surface area (Å²) in [7, 11) is -3.26. The Labute approximate surface area is 79.0 Å². The van der Waals surface area contributed by atoms with E-state index in [1.165, 1.54) is 0 Å². The maximum absolute atomic E-state index is 10.7. The van der Waals surface area contributed by atoms with Gasteiger partial charge in [0, 0.05) is 6.54 Å².